The first-order chi connectivity index (χ1) is 51.3. The third-order valence-electron chi connectivity index (χ3n) is 21.6. The van der Waals surface area contributed by atoms with Crippen molar-refractivity contribution in [2.75, 3.05) is 39.8 Å². The van der Waals surface area contributed by atoms with Gasteiger partial charge in [-0.1, -0.05) is 47.0 Å². The van der Waals surface area contributed by atoms with E-state index >= 15 is 0 Å². The molecule has 5 unspecified atom stereocenters. The second-order valence-electron chi connectivity index (χ2n) is 30.6. The predicted molar refractivity (Wildman–Crippen MR) is 418 cm³/mol. The summed E-state index contributed by atoms with van der Waals surface area (Å²) in [5, 5.41) is 96.6. The molecule has 21 heteroatoms. The predicted octanol–water partition coefficient (Wildman–Crippen LogP) is 10.8. The highest BCUT2D eigenvalue weighted by Crippen LogP contribution is 2.39. The Morgan fingerprint density at radius 1 is 0.458 bits per heavy atom. The van der Waals surface area contributed by atoms with E-state index in [1.807, 2.05) is 39.0 Å². The minimum absolute atomic E-state index is 0.0650. The summed E-state index contributed by atoms with van der Waals surface area (Å²) in [6, 6.07) is 40.0. The maximum atomic E-state index is 11.3. The summed E-state index contributed by atoms with van der Waals surface area (Å²) in [6.45, 7) is 20.3. The van der Waals surface area contributed by atoms with E-state index in [0.29, 0.717) is 56.0 Å². The van der Waals surface area contributed by atoms with E-state index in [1.165, 1.54) is 120 Å². The highest BCUT2D eigenvalue weighted by Gasteiger charge is 2.31. The van der Waals surface area contributed by atoms with Crippen molar-refractivity contribution < 1.29 is 46.0 Å². The van der Waals surface area contributed by atoms with Gasteiger partial charge in [-0.2, -0.15) is 0 Å². The van der Waals surface area contributed by atoms with Crippen molar-refractivity contribution >= 4 is 43.6 Å². The molecular formula is C86H102N10O11. The van der Waals surface area contributed by atoms with Crippen molar-refractivity contribution in [2.45, 2.75) is 175 Å². The number of aromatic hydroxyl groups is 2. The molecule has 10 heterocycles. The molecule has 0 saturated carbocycles. The zero-order valence-electron chi connectivity index (χ0n) is 62.4. The fraction of sp³-hybridized carbons (Fsp3) is 0.384. The number of aromatic amines is 2. The molecule has 12 aromatic rings. The molecule has 0 fully saturated rings. The van der Waals surface area contributed by atoms with Crippen LogP contribution in [0.3, 0.4) is 0 Å². The Bertz CT molecular complexity index is 5230. The standard InChI is InChI=1S/C23H29N3O3.C22H27N3O3.C21H24N2O3.C20H22N2O2/c1-15-4-6-19-17(10-15)18-12-25(14-23(2,3)29)9-8-20(18)26(19)13-21(27)16-5-7-22(28)24-11-16;1-14-3-5-19-17(9-14)18-12-24(11-15(2)26)8-7-20(18)25(19)13-21(27)16-4-6-22(28)23-10-16;1-13-3-5-17-15(9-13)16-11-22(2)8-7-18(16)23(17)12-21(26)14-4-6-19(24)20(25)10-14;23-13-14-5-6-19-17(11-14)16-3-1-2-4-18(16)22(19)12-20(24)15-7-9-21-10-8-15/h4-7,10-11,21,27,29H,8-9,12-14H2,1-3H3,(H,24,28);3-6,9-10,15,21,26-27H,7-8,11-13H2,1-2H3,(H,23,28);3-6,9-10,21,24-26H,7-8,11-12H2,1-2H3;5-11,20,23-24H,1-4,12-13H2. The number of hydrogen-bond donors (Lipinski definition) is 11. The second-order valence-corrected chi connectivity index (χ2v) is 30.6. The van der Waals surface area contributed by atoms with E-state index in [1.54, 1.807) is 43.0 Å². The number of benzene rings is 5. The third kappa shape index (κ3) is 17.1. The number of nitrogens with zero attached hydrogens (tertiary/aromatic N) is 8. The SMILES string of the molecule is Cc1ccc2c(c1)c1c(n2CC(O)c2ccc(=O)[nH]c2)CCN(CC(C)(C)O)C1.Cc1ccc2c(c1)c1c(n2CC(O)c2ccc(=O)[nH]c2)CCN(CC(C)O)C1.Cc1ccc2c(c1)c1c(n2CC(O)c2ccc(O)c(O)c2)CCN(C)C1.OCc1ccc2c(c1)c1c(n2CC(O)c2ccncc2)CCCC1. The number of aliphatic hydroxyl groups excluding tert-OH is 6. The van der Waals surface area contributed by atoms with Crippen LogP contribution in [-0.4, -0.2) is 145 Å². The van der Waals surface area contributed by atoms with Crippen molar-refractivity contribution in [1.82, 2.24) is 47.9 Å². The molecule has 7 aromatic heterocycles. The van der Waals surface area contributed by atoms with Crippen LogP contribution in [0.25, 0.3) is 43.6 Å². The van der Waals surface area contributed by atoms with E-state index in [-0.39, 0.29) is 35.3 Å². The maximum absolute atomic E-state index is 11.3. The summed E-state index contributed by atoms with van der Waals surface area (Å²) in [4.78, 5) is 38.8. The van der Waals surface area contributed by atoms with Gasteiger partial charge in [0, 0.05) is 175 Å². The zero-order valence-corrected chi connectivity index (χ0v) is 62.4. The van der Waals surface area contributed by atoms with E-state index in [4.69, 9.17) is 0 Å². The van der Waals surface area contributed by atoms with Crippen molar-refractivity contribution in [3.05, 3.63) is 262 Å². The van der Waals surface area contributed by atoms with Crippen LogP contribution < -0.4 is 11.1 Å². The summed E-state index contributed by atoms with van der Waals surface area (Å²) < 4.78 is 8.93. The zero-order chi connectivity index (χ0) is 75.5. The van der Waals surface area contributed by atoms with Crippen molar-refractivity contribution in [3.63, 3.8) is 0 Å². The van der Waals surface area contributed by atoms with Crippen LogP contribution in [0.4, 0.5) is 0 Å². The number of aromatic nitrogens is 7. The lowest BCUT2D eigenvalue weighted by Gasteiger charge is -2.32. The van der Waals surface area contributed by atoms with E-state index in [2.05, 4.69) is 142 Å². The van der Waals surface area contributed by atoms with Crippen molar-refractivity contribution in [1.29, 1.82) is 0 Å². The number of nitrogens with one attached hydrogen (secondary N) is 2. The molecule has 16 rings (SSSR count). The first kappa shape index (κ1) is 75.7. The number of aliphatic hydroxyl groups is 7. The number of hydrogen-bond acceptors (Lipinski definition) is 15. The normalized spacial score (nSPS) is 16.1. The fourth-order valence-electron chi connectivity index (χ4n) is 16.5. The number of H-pyrrole nitrogens is 2. The first-order valence-corrected chi connectivity index (χ1v) is 37.5. The lowest BCUT2D eigenvalue weighted by molar-refractivity contribution is 0.0315. The van der Waals surface area contributed by atoms with Gasteiger partial charge in [0.05, 0.1) is 68.9 Å². The van der Waals surface area contributed by atoms with Crippen LogP contribution in [0.5, 0.6) is 11.5 Å². The summed E-state index contributed by atoms with van der Waals surface area (Å²) >= 11 is 0. The van der Waals surface area contributed by atoms with E-state index in [9.17, 15) is 55.5 Å². The number of phenols is 2. The number of fused-ring (bicyclic) bond motifs is 12. The summed E-state index contributed by atoms with van der Waals surface area (Å²) in [5.41, 5.74) is 21.4. The molecule has 0 bridgehead atoms. The minimum Gasteiger partial charge on any atom is -0.504 e. The van der Waals surface area contributed by atoms with Crippen LogP contribution >= 0.6 is 0 Å². The van der Waals surface area contributed by atoms with Gasteiger partial charge in [-0.05, 0) is 209 Å². The maximum Gasteiger partial charge on any atom is 0.247 e. The number of rotatable bonds is 17. The Balaban J connectivity index is 0.000000126. The van der Waals surface area contributed by atoms with Crippen LogP contribution in [0, 0.1) is 20.8 Å². The average Bonchev–Trinajstić information content (AvgIpc) is 1.63. The minimum atomic E-state index is -0.762. The molecule has 562 valence electrons. The van der Waals surface area contributed by atoms with Crippen LogP contribution in [-0.2, 0) is 84.5 Å². The molecule has 5 atom stereocenters. The summed E-state index contributed by atoms with van der Waals surface area (Å²) in [7, 11) is 2.13. The third-order valence-corrected chi connectivity index (χ3v) is 21.6. The van der Waals surface area contributed by atoms with Gasteiger partial charge in [0.25, 0.3) is 0 Å². The van der Waals surface area contributed by atoms with Crippen LogP contribution in [0.1, 0.15) is 148 Å². The molecule has 107 heavy (non-hydrogen) atoms. The molecule has 0 saturated heterocycles. The number of β-amino-alcohol motifs (C(OH)–C–C–N with tert-alkyl or cyclic N) is 2. The molecule has 21 nitrogen and oxygen atoms in total. The molecule has 4 aliphatic rings. The molecular weight excluding hydrogens is 1350 g/mol. The highest BCUT2D eigenvalue weighted by atomic mass is 16.3. The van der Waals surface area contributed by atoms with Gasteiger partial charge in [-0.25, -0.2) is 0 Å². The van der Waals surface area contributed by atoms with Gasteiger partial charge in [0.1, 0.15) is 0 Å². The van der Waals surface area contributed by atoms with Gasteiger partial charge in [-0.15, -0.1) is 0 Å². The first-order valence-electron chi connectivity index (χ1n) is 37.5. The molecule has 11 N–H and O–H groups in total. The Morgan fingerprint density at radius 3 is 1.36 bits per heavy atom. The highest BCUT2D eigenvalue weighted by molar-refractivity contribution is 5.89. The average molecular weight is 1450 g/mol. The summed E-state index contributed by atoms with van der Waals surface area (Å²) in [6.07, 6.45) is 10.8. The van der Waals surface area contributed by atoms with Gasteiger partial charge in [-0.3, -0.25) is 24.4 Å². The van der Waals surface area contributed by atoms with Gasteiger partial charge in [0.15, 0.2) is 11.5 Å². The Labute approximate surface area is 623 Å². The molecule has 3 aliphatic heterocycles. The van der Waals surface area contributed by atoms with E-state index in [0.717, 1.165) is 105 Å². The Morgan fingerprint density at radius 2 is 0.888 bits per heavy atom. The number of likely N-dealkylation sites (N-methyl/N-ethyl adjacent to an activating group) is 1. The second kappa shape index (κ2) is 32.5. The number of aryl methyl sites for hydroxylation is 4. The van der Waals surface area contributed by atoms with Crippen LogP contribution in [0.2, 0.25) is 0 Å². The van der Waals surface area contributed by atoms with Crippen molar-refractivity contribution in [3.8, 4) is 11.5 Å². The van der Waals surface area contributed by atoms with Gasteiger partial charge in [0.2, 0.25) is 11.1 Å². The smallest absolute Gasteiger partial charge is 0.247 e. The quantitative estimate of drug-likeness (QED) is 0.0378. The van der Waals surface area contributed by atoms with E-state index < -0.39 is 30.0 Å². The number of phenolic OH excluding ortho intramolecular Hbond substituents is 2. The molecule has 5 aromatic carbocycles. The van der Waals surface area contributed by atoms with Crippen LogP contribution in [0.15, 0.2) is 162 Å². The van der Waals surface area contributed by atoms with Gasteiger partial charge >= 0.3 is 0 Å². The molecule has 0 radical (unpaired) electrons. The topological polar surface area (TPSA) is 290 Å². The lowest BCUT2D eigenvalue weighted by Crippen LogP contribution is -2.41. The molecule has 0 spiro atoms. The molecule has 0 amide bonds. The Hall–Kier alpha value is -9.49. The molecule has 1 aliphatic carbocycles. The number of pyridine rings is 3. The van der Waals surface area contributed by atoms with Gasteiger partial charge < -0.3 is 79.1 Å². The Kier molecular flexibility index (Phi) is 23.0. The largest absolute Gasteiger partial charge is 0.504 e. The monoisotopic (exact) mass is 1450 g/mol. The lowest BCUT2D eigenvalue weighted by atomic mass is 9.95. The summed E-state index contributed by atoms with van der Waals surface area (Å²) in [5.74, 6) is -0.388. The van der Waals surface area contributed by atoms with Crippen molar-refractivity contribution in [2.24, 2.45) is 0 Å². The fourth-order valence-corrected chi connectivity index (χ4v) is 16.5.